The number of rotatable bonds is 6. The Bertz CT molecular complexity index is 971. The fraction of sp³-hybridized carbons (Fsp3) is 0.320. The van der Waals surface area contributed by atoms with Gasteiger partial charge in [-0.15, -0.1) is 0 Å². The molecule has 3 aromatic rings. The molecule has 0 aromatic heterocycles. The second kappa shape index (κ2) is 9.10. The van der Waals surface area contributed by atoms with Crippen LogP contribution in [-0.4, -0.2) is 50.1 Å². The summed E-state index contributed by atoms with van der Waals surface area (Å²) in [5.74, 6) is 0.0970. The Labute approximate surface area is 173 Å². The van der Waals surface area contributed by atoms with Crippen LogP contribution >= 0.6 is 0 Å². The quantitative estimate of drug-likeness (QED) is 0.702. The maximum atomic E-state index is 12.4. The molecule has 0 atom stereocenters. The molecule has 1 aliphatic rings. The summed E-state index contributed by atoms with van der Waals surface area (Å²) in [4.78, 5) is 17.3. The van der Waals surface area contributed by atoms with Gasteiger partial charge in [0.25, 0.3) is 0 Å². The molecule has 0 spiro atoms. The third kappa shape index (κ3) is 4.96. The molecule has 1 aliphatic heterocycles. The monoisotopic (exact) mass is 387 g/mol. The number of hydrogen-bond donors (Lipinski definition) is 1. The molecule has 0 bridgehead atoms. The lowest BCUT2D eigenvalue weighted by Crippen LogP contribution is -2.48. The highest BCUT2D eigenvalue weighted by atomic mass is 16.1. The molecule has 4 heteroatoms. The van der Waals surface area contributed by atoms with E-state index >= 15 is 0 Å². The number of carbonyl (C=O) groups excluding carboxylic acids is 1. The molecule has 150 valence electrons. The SMILES string of the molecule is Cc1cccc(N2CCN(CCNC(=O)Cc3cccc4ccccc34)CC2)c1. The van der Waals surface area contributed by atoms with Gasteiger partial charge in [0.1, 0.15) is 0 Å². The van der Waals surface area contributed by atoms with Gasteiger partial charge in [-0.25, -0.2) is 0 Å². The summed E-state index contributed by atoms with van der Waals surface area (Å²) in [6, 6.07) is 23.1. The highest BCUT2D eigenvalue weighted by molar-refractivity contribution is 5.90. The maximum Gasteiger partial charge on any atom is 0.224 e. The fourth-order valence-corrected chi connectivity index (χ4v) is 4.09. The number of hydrogen-bond acceptors (Lipinski definition) is 3. The van der Waals surface area contributed by atoms with Crippen LogP contribution in [0.3, 0.4) is 0 Å². The first-order chi connectivity index (χ1) is 14.2. The van der Waals surface area contributed by atoms with Gasteiger partial charge in [-0.3, -0.25) is 9.69 Å². The predicted molar refractivity (Wildman–Crippen MR) is 120 cm³/mol. The average Bonchev–Trinajstić information content (AvgIpc) is 2.74. The average molecular weight is 388 g/mol. The topological polar surface area (TPSA) is 35.6 Å². The second-order valence-electron chi connectivity index (χ2n) is 7.83. The molecule has 1 saturated heterocycles. The smallest absolute Gasteiger partial charge is 0.224 e. The third-order valence-electron chi connectivity index (χ3n) is 5.72. The van der Waals surface area contributed by atoms with Crippen LogP contribution in [0, 0.1) is 6.92 Å². The molecule has 0 saturated carbocycles. The minimum absolute atomic E-state index is 0.0970. The summed E-state index contributed by atoms with van der Waals surface area (Å²) < 4.78 is 0. The van der Waals surface area contributed by atoms with Crippen LogP contribution in [0.1, 0.15) is 11.1 Å². The third-order valence-corrected chi connectivity index (χ3v) is 5.72. The number of fused-ring (bicyclic) bond motifs is 1. The molecule has 29 heavy (non-hydrogen) atoms. The fourth-order valence-electron chi connectivity index (χ4n) is 4.09. The highest BCUT2D eigenvalue weighted by Gasteiger charge is 2.17. The van der Waals surface area contributed by atoms with Gasteiger partial charge in [0.15, 0.2) is 0 Å². The first-order valence-corrected chi connectivity index (χ1v) is 10.5. The number of amides is 1. The van der Waals surface area contributed by atoms with E-state index in [1.807, 2.05) is 24.3 Å². The van der Waals surface area contributed by atoms with E-state index in [0.29, 0.717) is 13.0 Å². The zero-order chi connectivity index (χ0) is 20.1. The van der Waals surface area contributed by atoms with E-state index in [1.165, 1.54) is 16.6 Å². The molecule has 1 fully saturated rings. The number of nitrogens with zero attached hydrogens (tertiary/aromatic N) is 2. The minimum Gasteiger partial charge on any atom is -0.369 e. The van der Waals surface area contributed by atoms with Crippen LogP contribution in [-0.2, 0) is 11.2 Å². The van der Waals surface area contributed by atoms with E-state index in [1.54, 1.807) is 0 Å². The maximum absolute atomic E-state index is 12.4. The Morgan fingerprint density at radius 2 is 1.69 bits per heavy atom. The molecular formula is C25H29N3O. The molecule has 1 heterocycles. The Hall–Kier alpha value is -2.85. The van der Waals surface area contributed by atoms with Crippen molar-refractivity contribution < 1.29 is 4.79 Å². The molecule has 0 unspecified atom stereocenters. The number of anilines is 1. The normalized spacial score (nSPS) is 14.9. The standard InChI is InChI=1S/C25H29N3O/c1-20-6-4-10-23(18-20)28-16-14-27(15-17-28)13-12-26-25(29)19-22-9-5-8-21-7-2-3-11-24(21)22/h2-11,18H,12-17,19H2,1H3,(H,26,29). The molecule has 1 N–H and O–H groups in total. The Kier molecular flexibility index (Phi) is 6.11. The van der Waals surface area contributed by atoms with Crippen molar-refractivity contribution >= 4 is 22.4 Å². The van der Waals surface area contributed by atoms with Gasteiger partial charge in [-0.05, 0) is 41.0 Å². The van der Waals surface area contributed by atoms with Gasteiger partial charge < -0.3 is 10.2 Å². The van der Waals surface area contributed by atoms with Crippen molar-refractivity contribution in [3.05, 3.63) is 77.9 Å². The van der Waals surface area contributed by atoms with Crippen molar-refractivity contribution in [3.8, 4) is 0 Å². The first kappa shape index (κ1) is 19.5. The van der Waals surface area contributed by atoms with Crippen molar-refractivity contribution in [3.63, 3.8) is 0 Å². The number of nitrogens with one attached hydrogen (secondary N) is 1. The number of carbonyl (C=O) groups is 1. The summed E-state index contributed by atoms with van der Waals surface area (Å²) in [5.41, 5.74) is 3.71. The van der Waals surface area contributed by atoms with Crippen LogP contribution in [0.5, 0.6) is 0 Å². The number of piperazine rings is 1. The van der Waals surface area contributed by atoms with Crippen molar-refractivity contribution in [1.82, 2.24) is 10.2 Å². The predicted octanol–water partition coefficient (Wildman–Crippen LogP) is 3.63. The Morgan fingerprint density at radius 1 is 0.931 bits per heavy atom. The lowest BCUT2D eigenvalue weighted by atomic mass is 10.0. The van der Waals surface area contributed by atoms with Crippen LogP contribution in [0.2, 0.25) is 0 Å². The van der Waals surface area contributed by atoms with Crippen LogP contribution in [0.4, 0.5) is 5.69 Å². The van der Waals surface area contributed by atoms with Gasteiger partial charge in [-0.1, -0.05) is 54.6 Å². The van der Waals surface area contributed by atoms with E-state index in [2.05, 4.69) is 64.5 Å². The molecule has 1 amide bonds. The van der Waals surface area contributed by atoms with Crippen molar-refractivity contribution in [2.45, 2.75) is 13.3 Å². The molecule has 3 aromatic carbocycles. The van der Waals surface area contributed by atoms with Gasteiger partial charge in [0.05, 0.1) is 6.42 Å². The van der Waals surface area contributed by atoms with Crippen molar-refractivity contribution in [1.29, 1.82) is 0 Å². The first-order valence-electron chi connectivity index (χ1n) is 10.5. The van der Waals surface area contributed by atoms with Crippen LogP contribution in [0.25, 0.3) is 10.8 Å². The number of benzene rings is 3. The zero-order valence-electron chi connectivity index (χ0n) is 17.1. The van der Waals surface area contributed by atoms with Crippen LogP contribution in [0.15, 0.2) is 66.7 Å². The summed E-state index contributed by atoms with van der Waals surface area (Å²) in [5, 5.41) is 5.45. The van der Waals surface area contributed by atoms with Gasteiger partial charge >= 0.3 is 0 Å². The van der Waals surface area contributed by atoms with Gasteiger partial charge in [-0.2, -0.15) is 0 Å². The van der Waals surface area contributed by atoms with E-state index in [0.717, 1.165) is 43.7 Å². The van der Waals surface area contributed by atoms with E-state index in [-0.39, 0.29) is 5.91 Å². The number of aryl methyl sites for hydroxylation is 1. The summed E-state index contributed by atoms with van der Waals surface area (Å²) >= 11 is 0. The molecule has 4 rings (SSSR count). The molecule has 0 aliphatic carbocycles. The largest absolute Gasteiger partial charge is 0.369 e. The molecular weight excluding hydrogens is 358 g/mol. The van der Waals surface area contributed by atoms with E-state index < -0.39 is 0 Å². The summed E-state index contributed by atoms with van der Waals surface area (Å²) in [6.45, 7) is 7.89. The molecule has 4 nitrogen and oxygen atoms in total. The Balaban J connectivity index is 1.22. The molecule has 0 radical (unpaired) electrons. The van der Waals surface area contributed by atoms with E-state index in [4.69, 9.17) is 0 Å². The minimum atomic E-state index is 0.0970. The van der Waals surface area contributed by atoms with Crippen molar-refractivity contribution in [2.75, 3.05) is 44.2 Å². The Morgan fingerprint density at radius 3 is 2.52 bits per heavy atom. The summed E-state index contributed by atoms with van der Waals surface area (Å²) in [6.07, 6.45) is 0.433. The summed E-state index contributed by atoms with van der Waals surface area (Å²) in [7, 11) is 0. The van der Waals surface area contributed by atoms with Crippen molar-refractivity contribution in [2.24, 2.45) is 0 Å². The second-order valence-corrected chi connectivity index (χ2v) is 7.83. The van der Waals surface area contributed by atoms with E-state index in [9.17, 15) is 4.79 Å². The van der Waals surface area contributed by atoms with Gasteiger partial charge in [0.2, 0.25) is 5.91 Å². The zero-order valence-corrected chi connectivity index (χ0v) is 17.1. The highest BCUT2D eigenvalue weighted by Crippen LogP contribution is 2.19. The van der Waals surface area contributed by atoms with Crippen LogP contribution < -0.4 is 10.2 Å². The van der Waals surface area contributed by atoms with Gasteiger partial charge in [0, 0.05) is 45.0 Å². The lowest BCUT2D eigenvalue weighted by Gasteiger charge is -2.36. The lowest BCUT2D eigenvalue weighted by molar-refractivity contribution is -0.120.